The van der Waals surface area contributed by atoms with Gasteiger partial charge in [-0.25, -0.2) is 14.6 Å². The minimum Gasteiger partial charge on any atom is -0.351 e. The number of rotatable bonds is 2. The maximum atomic E-state index is 12.7. The first-order chi connectivity index (χ1) is 12.1. The maximum Gasteiger partial charge on any atom is 0.254 e. The first kappa shape index (κ1) is 15.5. The molecule has 1 saturated heterocycles. The van der Waals surface area contributed by atoms with E-state index in [1.165, 1.54) is 6.33 Å². The van der Waals surface area contributed by atoms with E-state index < -0.39 is 0 Å². The highest BCUT2D eigenvalue weighted by Crippen LogP contribution is 2.22. The zero-order chi connectivity index (χ0) is 17.4. The van der Waals surface area contributed by atoms with Gasteiger partial charge in [-0.3, -0.25) is 4.79 Å². The monoisotopic (exact) mass is 337 g/mol. The summed E-state index contributed by atoms with van der Waals surface area (Å²) < 4.78 is 1.64. The van der Waals surface area contributed by atoms with Crippen LogP contribution in [0.25, 0.3) is 11.2 Å². The van der Waals surface area contributed by atoms with E-state index in [1.54, 1.807) is 4.68 Å². The smallest absolute Gasteiger partial charge is 0.254 e. The molecule has 8 nitrogen and oxygen atoms in total. The third-order valence-electron chi connectivity index (χ3n) is 4.61. The number of hydrogen-bond donors (Lipinski definition) is 0. The lowest BCUT2D eigenvalue weighted by molar-refractivity contribution is 0.0746. The molecule has 3 aromatic rings. The number of aryl methyl sites for hydroxylation is 2. The van der Waals surface area contributed by atoms with Crippen LogP contribution < -0.4 is 4.90 Å². The van der Waals surface area contributed by atoms with Gasteiger partial charge in [0, 0.05) is 38.8 Å². The minimum absolute atomic E-state index is 0.0880. The van der Waals surface area contributed by atoms with Gasteiger partial charge in [-0.05, 0) is 18.6 Å². The average molecular weight is 337 g/mol. The molecule has 8 heteroatoms. The topological polar surface area (TPSA) is 80.0 Å². The van der Waals surface area contributed by atoms with E-state index in [0.29, 0.717) is 37.3 Å². The summed E-state index contributed by atoms with van der Waals surface area (Å²) in [4.78, 5) is 25.4. The van der Waals surface area contributed by atoms with Gasteiger partial charge in [0.25, 0.3) is 5.91 Å². The van der Waals surface area contributed by atoms with Crippen LogP contribution in [0, 0.1) is 6.92 Å². The molecule has 1 amide bonds. The van der Waals surface area contributed by atoms with Gasteiger partial charge in [-0.1, -0.05) is 23.4 Å². The molecule has 25 heavy (non-hydrogen) atoms. The number of carbonyl (C=O) groups excluding carboxylic acids is 1. The first-order valence-corrected chi connectivity index (χ1v) is 8.25. The highest BCUT2D eigenvalue weighted by molar-refractivity contribution is 5.95. The van der Waals surface area contributed by atoms with E-state index in [0.717, 1.165) is 16.9 Å². The number of benzene rings is 1. The van der Waals surface area contributed by atoms with E-state index in [-0.39, 0.29) is 5.91 Å². The Hall–Kier alpha value is -3.03. The molecule has 128 valence electrons. The second-order valence-corrected chi connectivity index (χ2v) is 6.18. The van der Waals surface area contributed by atoms with Crippen molar-refractivity contribution in [1.82, 2.24) is 29.9 Å². The molecule has 3 heterocycles. The summed E-state index contributed by atoms with van der Waals surface area (Å²) in [6.45, 7) is 4.69. The number of anilines is 1. The van der Waals surface area contributed by atoms with Crippen LogP contribution in [0.5, 0.6) is 0 Å². The van der Waals surface area contributed by atoms with Crippen molar-refractivity contribution in [1.29, 1.82) is 0 Å². The number of piperazine rings is 1. The normalized spacial score (nSPS) is 15.0. The van der Waals surface area contributed by atoms with E-state index in [9.17, 15) is 4.79 Å². The third kappa shape index (κ3) is 2.69. The average Bonchev–Trinajstić information content (AvgIpc) is 3.03. The predicted molar refractivity (Wildman–Crippen MR) is 93.4 cm³/mol. The summed E-state index contributed by atoms with van der Waals surface area (Å²) in [6.07, 6.45) is 1.53. The molecule has 2 aromatic heterocycles. The number of hydrogen-bond acceptors (Lipinski definition) is 6. The minimum atomic E-state index is 0.0880. The lowest BCUT2D eigenvalue weighted by Crippen LogP contribution is -2.49. The van der Waals surface area contributed by atoms with E-state index >= 15 is 0 Å². The maximum absolute atomic E-state index is 12.7. The van der Waals surface area contributed by atoms with Gasteiger partial charge < -0.3 is 9.80 Å². The van der Waals surface area contributed by atoms with Gasteiger partial charge >= 0.3 is 0 Å². The third-order valence-corrected chi connectivity index (χ3v) is 4.61. The molecule has 1 aliphatic rings. The summed E-state index contributed by atoms with van der Waals surface area (Å²) in [6, 6.07) is 7.71. The van der Waals surface area contributed by atoms with Crippen molar-refractivity contribution < 1.29 is 4.79 Å². The van der Waals surface area contributed by atoms with Crippen LogP contribution in [0.2, 0.25) is 0 Å². The van der Waals surface area contributed by atoms with Crippen molar-refractivity contribution in [2.24, 2.45) is 7.05 Å². The molecule has 1 aromatic carbocycles. The predicted octanol–water partition coefficient (Wildman–Crippen LogP) is 1.03. The number of carbonyl (C=O) groups is 1. The lowest BCUT2D eigenvalue weighted by Gasteiger charge is -2.35. The zero-order valence-corrected chi connectivity index (χ0v) is 14.3. The van der Waals surface area contributed by atoms with Gasteiger partial charge in [0.2, 0.25) is 0 Å². The van der Waals surface area contributed by atoms with Gasteiger partial charge in [-0.15, -0.1) is 5.10 Å². The van der Waals surface area contributed by atoms with Crippen LogP contribution in [-0.4, -0.2) is 61.9 Å². The molecular weight excluding hydrogens is 318 g/mol. The Bertz CT molecular complexity index is 928. The van der Waals surface area contributed by atoms with Crippen LogP contribution in [0.4, 0.5) is 5.82 Å². The van der Waals surface area contributed by atoms with Crippen molar-refractivity contribution in [3.05, 3.63) is 41.7 Å². The SMILES string of the molecule is Cc1ccccc1C(=O)N1CCN(c2ncnc3c2nnn3C)CC1. The molecular formula is C17H19N7O. The number of nitrogens with zero attached hydrogens (tertiary/aromatic N) is 7. The van der Waals surface area contributed by atoms with Crippen molar-refractivity contribution in [3.8, 4) is 0 Å². The van der Waals surface area contributed by atoms with Crippen molar-refractivity contribution in [3.63, 3.8) is 0 Å². The fourth-order valence-corrected chi connectivity index (χ4v) is 3.18. The lowest BCUT2D eigenvalue weighted by atomic mass is 10.1. The summed E-state index contributed by atoms with van der Waals surface area (Å²) in [7, 11) is 1.81. The number of fused-ring (bicyclic) bond motifs is 1. The van der Waals surface area contributed by atoms with Crippen molar-refractivity contribution >= 4 is 22.9 Å². The molecule has 0 spiro atoms. The van der Waals surface area contributed by atoms with Gasteiger partial charge in [0.15, 0.2) is 17.0 Å². The first-order valence-electron chi connectivity index (χ1n) is 8.25. The Kier molecular flexibility index (Phi) is 3.79. The van der Waals surface area contributed by atoms with Crippen LogP contribution in [-0.2, 0) is 7.05 Å². The summed E-state index contributed by atoms with van der Waals surface area (Å²) >= 11 is 0. The van der Waals surface area contributed by atoms with Gasteiger partial charge in [0.1, 0.15) is 6.33 Å². The Balaban J connectivity index is 1.51. The summed E-state index contributed by atoms with van der Waals surface area (Å²) in [5, 5.41) is 8.19. The van der Waals surface area contributed by atoms with Crippen molar-refractivity contribution in [2.45, 2.75) is 6.92 Å². The fourth-order valence-electron chi connectivity index (χ4n) is 3.18. The Morgan fingerprint density at radius 3 is 2.60 bits per heavy atom. The number of amides is 1. The second-order valence-electron chi connectivity index (χ2n) is 6.18. The van der Waals surface area contributed by atoms with E-state index in [4.69, 9.17) is 0 Å². The summed E-state index contributed by atoms with van der Waals surface area (Å²) in [5.41, 5.74) is 3.19. The quantitative estimate of drug-likeness (QED) is 0.695. The molecule has 0 unspecified atom stereocenters. The molecule has 0 N–H and O–H groups in total. The van der Waals surface area contributed by atoms with E-state index in [1.807, 2.05) is 43.1 Å². The van der Waals surface area contributed by atoms with Gasteiger partial charge in [0.05, 0.1) is 0 Å². The summed E-state index contributed by atoms with van der Waals surface area (Å²) in [5.74, 6) is 0.867. The molecule has 0 atom stereocenters. The standard InChI is InChI=1S/C17H19N7O/c1-12-5-3-4-6-13(12)17(25)24-9-7-23(8-10-24)16-14-15(18-11-19-16)22(2)21-20-14/h3-6,11H,7-10H2,1-2H3. The Morgan fingerprint density at radius 2 is 1.84 bits per heavy atom. The van der Waals surface area contributed by atoms with Crippen LogP contribution in [0.3, 0.4) is 0 Å². The largest absolute Gasteiger partial charge is 0.351 e. The zero-order valence-electron chi connectivity index (χ0n) is 14.3. The highest BCUT2D eigenvalue weighted by Gasteiger charge is 2.25. The van der Waals surface area contributed by atoms with E-state index in [2.05, 4.69) is 25.2 Å². The Labute approximate surface area is 145 Å². The highest BCUT2D eigenvalue weighted by atomic mass is 16.2. The second kappa shape index (κ2) is 6.12. The van der Waals surface area contributed by atoms with Gasteiger partial charge in [-0.2, -0.15) is 0 Å². The van der Waals surface area contributed by atoms with Crippen LogP contribution in [0.15, 0.2) is 30.6 Å². The molecule has 0 aliphatic carbocycles. The molecule has 0 bridgehead atoms. The Morgan fingerprint density at radius 1 is 1.08 bits per heavy atom. The van der Waals surface area contributed by atoms with Crippen LogP contribution >= 0.6 is 0 Å². The fraction of sp³-hybridized carbons (Fsp3) is 0.353. The number of aromatic nitrogens is 5. The van der Waals surface area contributed by atoms with Crippen molar-refractivity contribution in [2.75, 3.05) is 31.1 Å². The molecule has 0 radical (unpaired) electrons. The molecule has 0 saturated carbocycles. The van der Waals surface area contributed by atoms with Crippen LogP contribution in [0.1, 0.15) is 15.9 Å². The molecule has 1 aliphatic heterocycles. The molecule has 1 fully saturated rings. The molecule has 4 rings (SSSR count).